The lowest BCUT2D eigenvalue weighted by atomic mass is 10.2. The number of anilines is 1. The van der Waals surface area contributed by atoms with E-state index < -0.39 is 0 Å². The van der Waals surface area contributed by atoms with Gasteiger partial charge in [-0.2, -0.15) is 0 Å². The number of hydrogen-bond acceptors (Lipinski definition) is 3. The second-order valence-electron chi connectivity index (χ2n) is 4.60. The van der Waals surface area contributed by atoms with Gasteiger partial charge in [-0.3, -0.25) is 4.57 Å². The smallest absolute Gasteiger partial charge is 0.150 e. The molecule has 0 fully saturated rings. The highest BCUT2D eigenvalue weighted by Gasteiger charge is 2.18. The van der Waals surface area contributed by atoms with Gasteiger partial charge in [0, 0.05) is 5.69 Å². The van der Waals surface area contributed by atoms with Crippen LogP contribution in [0.2, 0.25) is 5.02 Å². The van der Waals surface area contributed by atoms with Gasteiger partial charge in [-0.05, 0) is 37.6 Å². The van der Waals surface area contributed by atoms with Crippen LogP contribution in [0.1, 0.15) is 11.3 Å². The molecule has 3 aromatic rings. The lowest BCUT2D eigenvalue weighted by Gasteiger charge is -2.10. The molecule has 0 radical (unpaired) electrons. The van der Waals surface area contributed by atoms with Crippen LogP contribution in [0.3, 0.4) is 0 Å². The molecule has 0 amide bonds. The van der Waals surface area contributed by atoms with Crippen LogP contribution in [-0.2, 0) is 0 Å². The average molecular weight is 291 g/mol. The van der Waals surface area contributed by atoms with Crippen LogP contribution >= 0.6 is 11.6 Å². The summed E-state index contributed by atoms with van der Waals surface area (Å²) in [5, 5.41) is 1.22. The molecule has 0 saturated carbocycles. The molecule has 1 aromatic carbocycles. The maximum absolute atomic E-state index is 13.5. The Morgan fingerprint density at radius 1 is 1.25 bits per heavy atom. The van der Waals surface area contributed by atoms with Gasteiger partial charge in [-0.1, -0.05) is 11.6 Å². The van der Waals surface area contributed by atoms with Gasteiger partial charge in [0.2, 0.25) is 0 Å². The normalized spacial score (nSPS) is 11.2. The number of hydrogen-bond donors (Lipinski definition) is 1. The second-order valence-corrected chi connectivity index (χ2v) is 5.01. The first-order chi connectivity index (χ1) is 9.50. The van der Waals surface area contributed by atoms with Crippen molar-refractivity contribution in [2.24, 2.45) is 0 Å². The molecular weight excluding hydrogens is 279 g/mol. The number of nitrogens with zero attached hydrogens (tertiary/aromatic N) is 3. The van der Waals surface area contributed by atoms with E-state index in [1.807, 2.05) is 13.8 Å². The minimum absolute atomic E-state index is 0.356. The summed E-state index contributed by atoms with van der Waals surface area (Å²) in [6, 6.07) is 4.23. The van der Waals surface area contributed by atoms with Crippen molar-refractivity contribution in [3.8, 4) is 5.69 Å². The van der Waals surface area contributed by atoms with E-state index in [-0.39, 0.29) is 5.82 Å². The van der Waals surface area contributed by atoms with Gasteiger partial charge in [0.1, 0.15) is 18.0 Å². The first-order valence-corrected chi connectivity index (χ1v) is 6.42. The van der Waals surface area contributed by atoms with Crippen molar-refractivity contribution in [3.05, 3.63) is 46.6 Å². The molecule has 0 saturated heterocycles. The minimum atomic E-state index is -0.356. The molecule has 2 aromatic heterocycles. The van der Waals surface area contributed by atoms with Gasteiger partial charge in [0.05, 0.1) is 16.1 Å². The third-order valence-corrected chi connectivity index (χ3v) is 3.79. The molecular formula is C14H12ClFN4. The van der Waals surface area contributed by atoms with E-state index in [0.717, 1.165) is 16.6 Å². The summed E-state index contributed by atoms with van der Waals surface area (Å²) >= 11 is 6.19. The number of halogens is 2. The van der Waals surface area contributed by atoms with Gasteiger partial charge in [-0.15, -0.1) is 0 Å². The number of nitrogen functional groups attached to an aromatic ring is 1. The van der Waals surface area contributed by atoms with E-state index in [4.69, 9.17) is 17.3 Å². The fourth-order valence-electron chi connectivity index (χ4n) is 2.38. The summed E-state index contributed by atoms with van der Waals surface area (Å²) in [6.45, 7) is 3.85. The van der Waals surface area contributed by atoms with Crippen LogP contribution in [0.4, 0.5) is 10.2 Å². The zero-order valence-corrected chi connectivity index (χ0v) is 11.7. The standard InChI is InChI=1S/C14H12ClFN4/c1-7-8(2)20(11-5-9(16)3-4-10(11)15)14-12(7)13(17)18-6-19-14/h3-6H,1-2H3,(H2,17,18,19). The predicted octanol–water partition coefficient (Wildman–Crippen LogP) is 3.41. The Hall–Kier alpha value is -2.14. The van der Waals surface area contributed by atoms with E-state index >= 15 is 0 Å². The van der Waals surface area contributed by atoms with E-state index in [9.17, 15) is 4.39 Å². The summed E-state index contributed by atoms with van der Waals surface area (Å²) in [4.78, 5) is 8.26. The maximum atomic E-state index is 13.5. The lowest BCUT2D eigenvalue weighted by Crippen LogP contribution is -2.00. The molecule has 0 unspecified atom stereocenters. The van der Waals surface area contributed by atoms with Crippen LogP contribution < -0.4 is 5.73 Å². The minimum Gasteiger partial charge on any atom is -0.383 e. The largest absolute Gasteiger partial charge is 0.383 e. The van der Waals surface area contributed by atoms with Crippen LogP contribution in [0.25, 0.3) is 16.7 Å². The first-order valence-electron chi connectivity index (χ1n) is 6.04. The predicted molar refractivity (Wildman–Crippen MR) is 77.7 cm³/mol. The topological polar surface area (TPSA) is 56.7 Å². The van der Waals surface area contributed by atoms with Crippen molar-refractivity contribution < 1.29 is 4.39 Å². The zero-order chi connectivity index (χ0) is 14.4. The van der Waals surface area contributed by atoms with Crippen molar-refractivity contribution in [3.63, 3.8) is 0 Å². The fraction of sp³-hybridized carbons (Fsp3) is 0.143. The molecule has 0 aliphatic carbocycles. The van der Waals surface area contributed by atoms with Crippen molar-refractivity contribution in [2.75, 3.05) is 5.73 Å². The number of aryl methyl sites for hydroxylation is 1. The Labute approximate surface area is 120 Å². The molecule has 0 aliphatic rings. The summed E-state index contributed by atoms with van der Waals surface area (Å²) in [5.74, 6) is 0.0483. The first kappa shape index (κ1) is 12.9. The van der Waals surface area contributed by atoms with E-state index in [2.05, 4.69) is 9.97 Å². The fourth-order valence-corrected chi connectivity index (χ4v) is 2.58. The molecule has 102 valence electrons. The number of nitrogens with two attached hydrogens (primary N) is 1. The molecule has 3 rings (SSSR count). The second kappa shape index (κ2) is 4.45. The Morgan fingerprint density at radius 3 is 2.75 bits per heavy atom. The highest BCUT2D eigenvalue weighted by atomic mass is 35.5. The average Bonchev–Trinajstić information content (AvgIpc) is 2.66. The molecule has 2 heterocycles. The highest BCUT2D eigenvalue weighted by molar-refractivity contribution is 6.32. The van der Waals surface area contributed by atoms with Crippen LogP contribution in [0.15, 0.2) is 24.5 Å². The third-order valence-electron chi connectivity index (χ3n) is 3.47. The summed E-state index contributed by atoms with van der Waals surface area (Å²) in [6.07, 6.45) is 1.39. The number of fused-ring (bicyclic) bond motifs is 1. The highest BCUT2D eigenvalue weighted by Crippen LogP contribution is 2.32. The molecule has 20 heavy (non-hydrogen) atoms. The number of aromatic nitrogens is 3. The van der Waals surface area contributed by atoms with Gasteiger partial charge in [0.25, 0.3) is 0 Å². The van der Waals surface area contributed by atoms with Crippen LogP contribution in [-0.4, -0.2) is 14.5 Å². The van der Waals surface area contributed by atoms with E-state index in [0.29, 0.717) is 22.2 Å². The molecule has 2 N–H and O–H groups in total. The van der Waals surface area contributed by atoms with Crippen molar-refractivity contribution >= 4 is 28.5 Å². The van der Waals surface area contributed by atoms with Gasteiger partial charge < -0.3 is 5.73 Å². The number of benzene rings is 1. The van der Waals surface area contributed by atoms with Crippen molar-refractivity contribution in [1.82, 2.24) is 14.5 Å². The van der Waals surface area contributed by atoms with E-state index in [1.165, 1.54) is 24.5 Å². The summed E-state index contributed by atoms with van der Waals surface area (Å²) < 4.78 is 15.3. The Bertz CT molecular complexity index is 826. The summed E-state index contributed by atoms with van der Waals surface area (Å²) in [5.41, 5.74) is 8.94. The van der Waals surface area contributed by atoms with Crippen LogP contribution in [0, 0.1) is 19.7 Å². The molecule has 0 aliphatic heterocycles. The molecule has 0 bridgehead atoms. The quantitative estimate of drug-likeness (QED) is 0.747. The molecule has 0 atom stereocenters. The maximum Gasteiger partial charge on any atom is 0.150 e. The summed E-state index contributed by atoms with van der Waals surface area (Å²) in [7, 11) is 0. The van der Waals surface area contributed by atoms with Gasteiger partial charge in [-0.25, -0.2) is 14.4 Å². The Kier molecular flexibility index (Phi) is 2.87. The third kappa shape index (κ3) is 1.74. The SMILES string of the molecule is Cc1c(C)n(-c2cc(F)ccc2Cl)c2ncnc(N)c12. The van der Waals surface area contributed by atoms with Crippen LogP contribution in [0.5, 0.6) is 0 Å². The number of rotatable bonds is 1. The Balaban J connectivity index is 2.46. The molecule has 4 nitrogen and oxygen atoms in total. The monoisotopic (exact) mass is 290 g/mol. The van der Waals surface area contributed by atoms with E-state index in [1.54, 1.807) is 4.57 Å². The van der Waals surface area contributed by atoms with Gasteiger partial charge in [0.15, 0.2) is 5.65 Å². The van der Waals surface area contributed by atoms with Crippen molar-refractivity contribution in [2.45, 2.75) is 13.8 Å². The van der Waals surface area contributed by atoms with Gasteiger partial charge >= 0.3 is 0 Å². The zero-order valence-electron chi connectivity index (χ0n) is 11.0. The van der Waals surface area contributed by atoms with Crippen molar-refractivity contribution in [1.29, 1.82) is 0 Å². The molecule has 0 spiro atoms. The lowest BCUT2D eigenvalue weighted by molar-refractivity contribution is 0.626. The molecule has 6 heteroatoms. The Morgan fingerprint density at radius 2 is 2.00 bits per heavy atom.